The summed E-state index contributed by atoms with van der Waals surface area (Å²) in [6, 6.07) is 12.4. The van der Waals surface area contributed by atoms with Crippen molar-refractivity contribution in [3.63, 3.8) is 0 Å². The molecule has 0 unspecified atom stereocenters. The van der Waals surface area contributed by atoms with Gasteiger partial charge in [-0.1, -0.05) is 37.1 Å². The standard InChI is InChI=1S/C23H21F3N2O3S/c24-23(25,26)15-7-1-2-8-16(15)27-19(29)14-31-21(30)22(11-5-6-12-22)13-20-28-17-9-3-4-10-18(17)32-20/h1-4,7-10H,5-6,11-14H2,(H,27,29). The molecule has 1 saturated carbocycles. The summed E-state index contributed by atoms with van der Waals surface area (Å²) in [5.74, 6) is -1.32. The minimum atomic E-state index is -4.61. The minimum absolute atomic E-state index is 0.369. The first-order chi connectivity index (χ1) is 15.3. The van der Waals surface area contributed by atoms with Crippen LogP contribution in [0.15, 0.2) is 48.5 Å². The minimum Gasteiger partial charge on any atom is -0.455 e. The lowest BCUT2D eigenvalue weighted by Gasteiger charge is -2.25. The Bertz CT molecular complexity index is 1100. The number of carbonyl (C=O) groups is 2. The Hall–Kier alpha value is -2.94. The molecule has 1 amide bonds. The van der Waals surface area contributed by atoms with Gasteiger partial charge in [0.25, 0.3) is 5.91 Å². The summed E-state index contributed by atoms with van der Waals surface area (Å²) < 4.78 is 45.6. The van der Waals surface area contributed by atoms with E-state index in [2.05, 4.69) is 10.3 Å². The average Bonchev–Trinajstić information content (AvgIpc) is 3.39. The van der Waals surface area contributed by atoms with E-state index in [-0.39, 0.29) is 5.69 Å². The highest BCUT2D eigenvalue weighted by molar-refractivity contribution is 7.18. The van der Waals surface area contributed by atoms with E-state index in [9.17, 15) is 22.8 Å². The number of thiazole rings is 1. The molecular weight excluding hydrogens is 441 g/mol. The third kappa shape index (κ3) is 4.77. The second-order valence-corrected chi connectivity index (χ2v) is 9.02. The van der Waals surface area contributed by atoms with E-state index in [0.717, 1.165) is 40.2 Å². The van der Waals surface area contributed by atoms with Gasteiger partial charge < -0.3 is 10.1 Å². The number of nitrogens with one attached hydrogen (secondary N) is 1. The summed E-state index contributed by atoms with van der Waals surface area (Å²) in [5, 5.41) is 3.02. The van der Waals surface area contributed by atoms with Gasteiger partial charge in [0.05, 0.1) is 31.9 Å². The lowest BCUT2D eigenvalue weighted by molar-refractivity contribution is -0.158. The van der Waals surface area contributed by atoms with E-state index in [1.165, 1.54) is 23.5 Å². The molecule has 9 heteroatoms. The third-order valence-corrected chi connectivity index (χ3v) is 6.70. The number of nitrogens with zero attached hydrogens (tertiary/aromatic N) is 1. The molecule has 5 nitrogen and oxygen atoms in total. The van der Waals surface area contributed by atoms with Gasteiger partial charge in [-0.3, -0.25) is 9.59 Å². The van der Waals surface area contributed by atoms with Gasteiger partial charge in [-0.2, -0.15) is 13.2 Å². The largest absolute Gasteiger partial charge is 0.455 e. The molecule has 0 atom stereocenters. The van der Waals surface area contributed by atoms with Crippen LogP contribution in [0.3, 0.4) is 0 Å². The van der Waals surface area contributed by atoms with Crippen molar-refractivity contribution in [3.8, 4) is 0 Å². The highest BCUT2D eigenvalue weighted by Crippen LogP contribution is 2.43. The molecule has 1 aliphatic rings. The number of hydrogen-bond donors (Lipinski definition) is 1. The lowest BCUT2D eigenvalue weighted by Crippen LogP contribution is -2.34. The van der Waals surface area contributed by atoms with Crippen LogP contribution in [0, 0.1) is 5.41 Å². The lowest BCUT2D eigenvalue weighted by atomic mass is 9.83. The van der Waals surface area contributed by atoms with Crippen LogP contribution >= 0.6 is 11.3 Å². The molecule has 32 heavy (non-hydrogen) atoms. The fraction of sp³-hybridized carbons (Fsp3) is 0.348. The Morgan fingerprint density at radius 1 is 1.06 bits per heavy atom. The molecular formula is C23H21F3N2O3S. The highest BCUT2D eigenvalue weighted by Gasteiger charge is 2.43. The molecule has 0 aliphatic heterocycles. The Morgan fingerprint density at radius 2 is 1.75 bits per heavy atom. The number of benzene rings is 2. The molecule has 3 aromatic rings. The second kappa shape index (κ2) is 8.90. The maximum absolute atomic E-state index is 13.1. The van der Waals surface area contributed by atoms with Gasteiger partial charge in [-0.15, -0.1) is 11.3 Å². The molecule has 0 radical (unpaired) electrons. The molecule has 168 valence electrons. The highest BCUT2D eigenvalue weighted by atomic mass is 32.1. The van der Waals surface area contributed by atoms with Gasteiger partial charge in [0, 0.05) is 6.42 Å². The normalized spacial score (nSPS) is 15.6. The van der Waals surface area contributed by atoms with E-state index in [0.29, 0.717) is 19.3 Å². The van der Waals surface area contributed by atoms with E-state index in [1.807, 2.05) is 24.3 Å². The molecule has 0 spiro atoms. The van der Waals surface area contributed by atoms with Gasteiger partial charge in [0.2, 0.25) is 0 Å². The maximum Gasteiger partial charge on any atom is 0.418 e. The third-order valence-electron chi connectivity index (χ3n) is 5.66. The fourth-order valence-electron chi connectivity index (χ4n) is 4.10. The summed E-state index contributed by atoms with van der Waals surface area (Å²) >= 11 is 1.53. The number of halogens is 3. The molecule has 0 saturated heterocycles. The Kier molecular flexibility index (Phi) is 6.19. The van der Waals surface area contributed by atoms with Crippen LogP contribution in [0.25, 0.3) is 10.2 Å². The smallest absolute Gasteiger partial charge is 0.418 e. The van der Waals surface area contributed by atoms with Crippen molar-refractivity contribution in [3.05, 3.63) is 59.1 Å². The number of rotatable bonds is 6. The zero-order valence-electron chi connectivity index (χ0n) is 17.1. The van der Waals surface area contributed by atoms with Gasteiger partial charge in [-0.05, 0) is 37.1 Å². The number of anilines is 1. The number of aromatic nitrogens is 1. The van der Waals surface area contributed by atoms with Gasteiger partial charge >= 0.3 is 12.1 Å². The topological polar surface area (TPSA) is 68.3 Å². The molecule has 1 aromatic heterocycles. The van der Waals surface area contributed by atoms with E-state index in [4.69, 9.17) is 4.74 Å². The number of fused-ring (bicyclic) bond motifs is 1. The number of alkyl halides is 3. The number of amides is 1. The van der Waals surface area contributed by atoms with E-state index >= 15 is 0 Å². The molecule has 0 bridgehead atoms. The number of hydrogen-bond acceptors (Lipinski definition) is 5. The zero-order chi connectivity index (χ0) is 22.8. The fourth-order valence-corrected chi connectivity index (χ4v) is 5.21. The summed E-state index contributed by atoms with van der Waals surface area (Å²) in [4.78, 5) is 29.8. The number of carbonyl (C=O) groups excluding carboxylic acids is 2. The van der Waals surface area contributed by atoms with E-state index < -0.39 is 35.6 Å². The monoisotopic (exact) mass is 462 g/mol. The van der Waals surface area contributed by atoms with Crippen LogP contribution in [0.2, 0.25) is 0 Å². The maximum atomic E-state index is 13.1. The molecule has 1 heterocycles. The van der Waals surface area contributed by atoms with Crippen LogP contribution < -0.4 is 5.32 Å². The number of ether oxygens (including phenoxy) is 1. The first-order valence-electron chi connectivity index (χ1n) is 10.2. The number of para-hydroxylation sites is 2. The second-order valence-electron chi connectivity index (χ2n) is 7.91. The first-order valence-corrected chi connectivity index (χ1v) is 11.1. The van der Waals surface area contributed by atoms with Crippen molar-refractivity contribution < 1.29 is 27.5 Å². The van der Waals surface area contributed by atoms with Gasteiger partial charge in [0.1, 0.15) is 0 Å². The molecule has 2 aromatic carbocycles. The predicted octanol–water partition coefficient (Wildman–Crippen LogP) is 5.60. The van der Waals surface area contributed by atoms with Crippen LogP contribution in [0.5, 0.6) is 0 Å². The van der Waals surface area contributed by atoms with Gasteiger partial charge in [0.15, 0.2) is 6.61 Å². The van der Waals surface area contributed by atoms with Crippen LogP contribution in [0.4, 0.5) is 18.9 Å². The van der Waals surface area contributed by atoms with E-state index in [1.54, 1.807) is 0 Å². The van der Waals surface area contributed by atoms with Crippen LogP contribution in [-0.4, -0.2) is 23.5 Å². The Labute approximate surface area is 186 Å². The molecule has 4 rings (SSSR count). The molecule has 1 N–H and O–H groups in total. The summed E-state index contributed by atoms with van der Waals surface area (Å²) in [5.41, 5.74) is -1.22. The first kappa shape index (κ1) is 22.3. The SMILES string of the molecule is O=C(COC(=O)C1(Cc2nc3ccccc3s2)CCCC1)Nc1ccccc1C(F)(F)F. The quantitative estimate of drug-likeness (QED) is 0.484. The summed E-state index contributed by atoms with van der Waals surface area (Å²) in [6.45, 7) is -0.646. The molecule has 1 fully saturated rings. The summed E-state index contributed by atoms with van der Waals surface area (Å²) in [7, 11) is 0. The van der Waals surface area contributed by atoms with Crippen molar-refractivity contribution in [2.24, 2.45) is 5.41 Å². The number of esters is 1. The van der Waals surface area contributed by atoms with Gasteiger partial charge in [-0.25, -0.2) is 4.98 Å². The zero-order valence-corrected chi connectivity index (χ0v) is 17.9. The predicted molar refractivity (Wildman–Crippen MR) is 115 cm³/mol. The van der Waals surface area contributed by atoms with Crippen molar-refractivity contribution in [2.75, 3.05) is 11.9 Å². The van der Waals surface area contributed by atoms with Crippen molar-refractivity contribution in [1.82, 2.24) is 4.98 Å². The molecule has 1 aliphatic carbocycles. The summed E-state index contributed by atoms with van der Waals surface area (Å²) in [6.07, 6.45) is -1.20. The van der Waals surface area contributed by atoms with Crippen molar-refractivity contribution in [2.45, 2.75) is 38.3 Å². The average molecular weight is 462 g/mol. The Morgan fingerprint density at radius 3 is 2.47 bits per heavy atom. The van der Waals surface area contributed by atoms with Crippen molar-refractivity contribution >= 4 is 39.1 Å². The van der Waals surface area contributed by atoms with Crippen LogP contribution in [0.1, 0.15) is 36.3 Å². The van der Waals surface area contributed by atoms with Crippen molar-refractivity contribution in [1.29, 1.82) is 0 Å². The van der Waals surface area contributed by atoms with Crippen LogP contribution in [-0.2, 0) is 26.9 Å². The Balaban J connectivity index is 1.42.